The number of aromatic nitrogens is 2. The molecule has 0 N–H and O–H groups in total. The van der Waals surface area contributed by atoms with Gasteiger partial charge in [0.05, 0.1) is 37.5 Å². The van der Waals surface area contributed by atoms with E-state index in [2.05, 4.69) is 9.97 Å². The second kappa shape index (κ2) is 6.40. The summed E-state index contributed by atoms with van der Waals surface area (Å²) in [6.07, 6.45) is 2.67. The number of benzene rings is 2. The molecule has 27 heavy (non-hydrogen) atoms. The number of para-hydroxylation sites is 1. The molecule has 0 unspecified atom stereocenters. The molecule has 0 aliphatic heterocycles. The van der Waals surface area contributed by atoms with Gasteiger partial charge in [0.15, 0.2) is 9.84 Å². The zero-order chi connectivity index (χ0) is 19.2. The maximum atomic E-state index is 12.5. The van der Waals surface area contributed by atoms with E-state index >= 15 is 0 Å². The van der Waals surface area contributed by atoms with Crippen LogP contribution in [0.3, 0.4) is 0 Å². The number of hydrogen-bond donors (Lipinski definition) is 0. The summed E-state index contributed by atoms with van der Waals surface area (Å²) in [6, 6.07) is 12.3. The van der Waals surface area contributed by atoms with Crippen molar-refractivity contribution >= 4 is 59.6 Å². The minimum atomic E-state index is -3.45. The van der Waals surface area contributed by atoms with Gasteiger partial charge in [-0.15, -0.1) is 11.3 Å². The van der Waals surface area contributed by atoms with E-state index in [1.165, 1.54) is 30.5 Å². The van der Waals surface area contributed by atoms with Crippen LogP contribution < -0.4 is 4.90 Å². The van der Waals surface area contributed by atoms with Gasteiger partial charge in [0.25, 0.3) is 0 Å². The van der Waals surface area contributed by atoms with Gasteiger partial charge in [-0.05, 0) is 30.3 Å². The van der Waals surface area contributed by atoms with Crippen LogP contribution in [0.15, 0.2) is 59.1 Å². The summed E-state index contributed by atoms with van der Waals surface area (Å²) in [4.78, 5) is 22.8. The quantitative estimate of drug-likeness (QED) is 0.523. The SMILES string of the molecule is CC(=O)N(c1ccc2scnc2c1)c1ccnc2c(S(C)(=O)=O)cccc12. The fraction of sp³-hybridized carbons (Fsp3) is 0.105. The molecule has 0 fully saturated rings. The van der Waals surface area contributed by atoms with Crippen LogP contribution in [0.4, 0.5) is 11.4 Å². The van der Waals surface area contributed by atoms with Crippen molar-refractivity contribution in [1.29, 1.82) is 0 Å². The lowest BCUT2D eigenvalue weighted by Gasteiger charge is -2.23. The second-order valence-electron chi connectivity index (χ2n) is 6.11. The molecular formula is C19H15N3O3S2. The summed E-state index contributed by atoms with van der Waals surface area (Å²) < 4.78 is 25.3. The summed E-state index contributed by atoms with van der Waals surface area (Å²) in [6.45, 7) is 1.47. The monoisotopic (exact) mass is 397 g/mol. The number of rotatable bonds is 3. The maximum absolute atomic E-state index is 12.5. The Bertz CT molecular complexity index is 1300. The van der Waals surface area contributed by atoms with Gasteiger partial charge < -0.3 is 0 Å². The molecular weight excluding hydrogens is 382 g/mol. The third-order valence-corrected chi connectivity index (χ3v) is 6.18. The zero-order valence-electron chi connectivity index (χ0n) is 14.6. The summed E-state index contributed by atoms with van der Waals surface area (Å²) in [7, 11) is -3.45. The molecule has 0 saturated carbocycles. The summed E-state index contributed by atoms with van der Waals surface area (Å²) >= 11 is 1.53. The van der Waals surface area contributed by atoms with E-state index in [0.717, 1.165) is 16.5 Å². The first kappa shape index (κ1) is 17.6. The highest BCUT2D eigenvalue weighted by atomic mass is 32.2. The first-order valence-electron chi connectivity index (χ1n) is 8.08. The molecule has 4 rings (SSSR count). The Morgan fingerprint density at radius 2 is 1.93 bits per heavy atom. The third kappa shape index (κ3) is 3.07. The number of carbonyl (C=O) groups excluding carboxylic acids is 1. The first-order valence-corrected chi connectivity index (χ1v) is 10.8. The van der Waals surface area contributed by atoms with Crippen molar-refractivity contribution in [2.45, 2.75) is 11.8 Å². The van der Waals surface area contributed by atoms with Crippen molar-refractivity contribution in [2.75, 3.05) is 11.2 Å². The Morgan fingerprint density at radius 3 is 2.67 bits per heavy atom. The highest BCUT2D eigenvalue weighted by Gasteiger charge is 2.20. The number of thiazole rings is 1. The summed E-state index contributed by atoms with van der Waals surface area (Å²) in [5.74, 6) is -0.193. The van der Waals surface area contributed by atoms with Gasteiger partial charge in [0, 0.05) is 24.8 Å². The number of fused-ring (bicyclic) bond motifs is 2. The number of sulfone groups is 1. The van der Waals surface area contributed by atoms with Gasteiger partial charge in [-0.1, -0.05) is 12.1 Å². The van der Waals surface area contributed by atoms with Gasteiger partial charge in [-0.3, -0.25) is 14.7 Å². The van der Waals surface area contributed by atoms with E-state index in [9.17, 15) is 13.2 Å². The van der Waals surface area contributed by atoms with Crippen LogP contribution in [0.5, 0.6) is 0 Å². The van der Waals surface area contributed by atoms with E-state index in [0.29, 0.717) is 22.3 Å². The van der Waals surface area contributed by atoms with Crippen molar-refractivity contribution in [3.05, 3.63) is 54.2 Å². The van der Waals surface area contributed by atoms with Crippen LogP contribution >= 0.6 is 11.3 Å². The third-order valence-electron chi connectivity index (χ3n) is 4.24. The van der Waals surface area contributed by atoms with Crippen molar-refractivity contribution in [3.8, 4) is 0 Å². The Hall–Kier alpha value is -2.84. The lowest BCUT2D eigenvalue weighted by Crippen LogP contribution is -2.23. The molecule has 0 aliphatic rings. The topological polar surface area (TPSA) is 80.2 Å². The molecule has 0 radical (unpaired) electrons. The van der Waals surface area contributed by atoms with Crippen molar-refractivity contribution in [1.82, 2.24) is 9.97 Å². The highest BCUT2D eigenvalue weighted by molar-refractivity contribution is 7.91. The van der Waals surface area contributed by atoms with E-state index in [1.807, 2.05) is 18.2 Å². The minimum absolute atomic E-state index is 0.139. The molecule has 0 aliphatic carbocycles. The van der Waals surface area contributed by atoms with E-state index in [1.54, 1.807) is 28.6 Å². The largest absolute Gasteiger partial charge is 0.280 e. The Morgan fingerprint density at radius 1 is 1.11 bits per heavy atom. The van der Waals surface area contributed by atoms with Gasteiger partial charge in [-0.25, -0.2) is 13.4 Å². The second-order valence-corrected chi connectivity index (χ2v) is 8.98. The van der Waals surface area contributed by atoms with E-state index in [4.69, 9.17) is 0 Å². The van der Waals surface area contributed by atoms with Gasteiger partial charge in [0.2, 0.25) is 5.91 Å². The van der Waals surface area contributed by atoms with Crippen molar-refractivity contribution in [3.63, 3.8) is 0 Å². The average molecular weight is 397 g/mol. The predicted molar refractivity (Wildman–Crippen MR) is 107 cm³/mol. The van der Waals surface area contributed by atoms with Crippen LogP contribution in [-0.4, -0.2) is 30.5 Å². The molecule has 1 amide bonds. The molecule has 0 bridgehead atoms. The Labute approximate surface area is 160 Å². The lowest BCUT2D eigenvalue weighted by atomic mass is 10.1. The van der Waals surface area contributed by atoms with Crippen LogP contribution in [0.25, 0.3) is 21.1 Å². The van der Waals surface area contributed by atoms with Crippen LogP contribution in [0.2, 0.25) is 0 Å². The Balaban J connectivity index is 1.99. The fourth-order valence-electron chi connectivity index (χ4n) is 3.10. The van der Waals surface area contributed by atoms with E-state index in [-0.39, 0.29) is 10.8 Å². The van der Waals surface area contributed by atoms with Crippen LogP contribution in [-0.2, 0) is 14.6 Å². The minimum Gasteiger partial charge on any atom is -0.280 e. The van der Waals surface area contributed by atoms with Crippen molar-refractivity contribution in [2.24, 2.45) is 0 Å². The first-order chi connectivity index (χ1) is 12.9. The Kier molecular flexibility index (Phi) is 4.16. The number of hydrogen-bond acceptors (Lipinski definition) is 6. The highest BCUT2D eigenvalue weighted by Crippen LogP contribution is 2.35. The number of pyridine rings is 1. The van der Waals surface area contributed by atoms with E-state index < -0.39 is 9.84 Å². The predicted octanol–water partition coefficient (Wildman–Crippen LogP) is 3.93. The average Bonchev–Trinajstić information content (AvgIpc) is 3.08. The van der Waals surface area contributed by atoms with Crippen LogP contribution in [0, 0.1) is 0 Å². The van der Waals surface area contributed by atoms with Gasteiger partial charge >= 0.3 is 0 Å². The molecule has 136 valence electrons. The van der Waals surface area contributed by atoms with Gasteiger partial charge in [-0.2, -0.15) is 0 Å². The number of anilines is 2. The maximum Gasteiger partial charge on any atom is 0.228 e. The summed E-state index contributed by atoms with van der Waals surface area (Å²) in [5, 5.41) is 0.592. The van der Waals surface area contributed by atoms with Gasteiger partial charge in [0.1, 0.15) is 0 Å². The number of nitrogens with zero attached hydrogens (tertiary/aromatic N) is 3. The number of amides is 1. The van der Waals surface area contributed by atoms with Crippen molar-refractivity contribution < 1.29 is 13.2 Å². The normalized spacial score (nSPS) is 11.8. The molecule has 8 heteroatoms. The molecule has 0 atom stereocenters. The molecule has 2 aromatic carbocycles. The standard InChI is InChI=1S/C19H15N3O3S2/c1-12(23)22(13-6-7-17-15(10-13)21-11-26-17)16-8-9-20-19-14(16)4-3-5-18(19)27(2,24)25/h3-11H,1-2H3. The van der Waals surface area contributed by atoms with Crippen LogP contribution in [0.1, 0.15) is 6.92 Å². The molecule has 4 aromatic rings. The zero-order valence-corrected chi connectivity index (χ0v) is 16.2. The smallest absolute Gasteiger partial charge is 0.228 e. The summed E-state index contributed by atoms with van der Waals surface area (Å²) in [5.41, 5.74) is 4.15. The molecule has 0 saturated heterocycles. The molecule has 2 aromatic heterocycles. The molecule has 2 heterocycles. The molecule has 0 spiro atoms. The molecule has 6 nitrogen and oxygen atoms in total. The lowest BCUT2D eigenvalue weighted by molar-refractivity contribution is -0.115. The fourth-order valence-corrected chi connectivity index (χ4v) is 4.60. The number of carbonyl (C=O) groups is 1.